The molecule has 0 aliphatic carbocycles. The predicted octanol–water partition coefficient (Wildman–Crippen LogP) is 2.54. The van der Waals surface area contributed by atoms with Gasteiger partial charge in [-0.2, -0.15) is 0 Å². The van der Waals surface area contributed by atoms with Gasteiger partial charge in [-0.1, -0.05) is 26.8 Å². The van der Waals surface area contributed by atoms with Gasteiger partial charge in [0.1, 0.15) is 0 Å². The molecule has 2 unspecified atom stereocenters. The molecule has 1 aliphatic rings. The average Bonchev–Trinajstić information content (AvgIpc) is 2.54. The minimum absolute atomic E-state index is 0.0435. The third kappa shape index (κ3) is 4.30. The van der Waals surface area contributed by atoms with Crippen LogP contribution in [-0.2, 0) is 9.59 Å². The highest BCUT2D eigenvalue weighted by Crippen LogP contribution is 2.37. The Labute approximate surface area is 138 Å². The van der Waals surface area contributed by atoms with Gasteiger partial charge >= 0.3 is 0 Å². The van der Waals surface area contributed by atoms with Gasteiger partial charge < -0.3 is 10.2 Å². The monoisotopic (exact) mass is 317 g/mol. The molecule has 1 fully saturated rings. The van der Waals surface area contributed by atoms with E-state index in [2.05, 4.69) is 24.1 Å². The van der Waals surface area contributed by atoms with Crippen LogP contribution in [0.5, 0.6) is 0 Å². The Morgan fingerprint density at radius 1 is 1.48 bits per heavy atom. The standard InChI is InChI=1S/C18H27N3O2/c1-4-9-20-18(23)15-7-8-16(22)21(12-13(2)3)17(15)14-6-5-10-19-11-14/h5-6,10-11,13,15,17H,4,7-9,12H2,1-3H3,(H,20,23). The first-order chi connectivity index (χ1) is 11.0. The third-order valence-corrected chi connectivity index (χ3v) is 4.18. The highest BCUT2D eigenvalue weighted by Gasteiger charge is 2.40. The molecule has 0 saturated carbocycles. The van der Waals surface area contributed by atoms with Crippen molar-refractivity contribution in [2.75, 3.05) is 13.1 Å². The molecule has 1 aliphatic heterocycles. The molecule has 2 heterocycles. The molecule has 5 heteroatoms. The van der Waals surface area contributed by atoms with Crippen LogP contribution in [0.3, 0.4) is 0 Å². The first kappa shape index (κ1) is 17.4. The lowest BCUT2D eigenvalue weighted by molar-refractivity contribution is -0.144. The number of carbonyl (C=O) groups is 2. The van der Waals surface area contributed by atoms with E-state index in [4.69, 9.17) is 0 Å². The van der Waals surface area contributed by atoms with Gasteiger partial charge in [-0.15, -0.1) is 0 Å². The summed E-state index contributed by atoms with van der Waals surface area (Å²) in [6.07, 6.45) is 5.44. The fourth-order valence-corrected chi connectivity index (χ4v) is 3.18. The van der Waals surface area contributed by atoms with Crippen LogP contribution in [-0.4, -0.2) is 34.8 Å². The van der Waals surface area contributed by atoms with Gasteiger partial charge in [-0.3, -0.25) is 14.6 Å². The molecule has 2 amide bonds. The van der Waals surface area contributed by atoms with Crippen molar-refractivity contribution in [2.45, 2.75) is 46.1 Å². The second kappa shape index (κ2) is 8.09. The summed E-state index contributed by atoms with van der Waals surface area (Å²) in [6, 6.07) is 3.61. The molecule has 0 spiro atoms. The van der Waals surface area contributed by atoms with Crippen molar-refractivity contribution in [3.63, 3.8) is 0 Å². The molecule has 1 saturated heterocycles. The number of nitrogens with one attached hydrogen (secondary N) is 1. The van der Waals surface area contributed by atoms with Gasteiger partial charge in [-0.25, -0.2) is 0 Å². The number of carbonyl (C=O) groups excluding carboxylic acids is 2. The second-order valence-electron chi connectivity index (χ2n) is 6.61. The summed E-state index contributed by atoms with van der Waals surface area (Å²) < 4.78 is 0. The molecule has 0 bridgehead atoms. The Kier molecular flexibility index (Phi) is 6.13. The average molecular weight is 317 g/mol. The maximum absolute atomic E-state index is 12.6. The van der Waals surface area contributed by atoms with Gasteiger partial charge in [0.2, 0.25) is 11.8 Å². The first-order valence-electron chi connectivity index (χ1n) is 8.51. The van der Waals surface area contributed by atoms with Crippen molar-refractivity contribution in [1.82, 2.24) is 15.2 Å². The Balaban J connectivity index is 2.32. The Morgan fingerprint density at radius 2 is 2.26 bits per heavy atom. The van der Waals surface area contributed by atoms with E-state index in [0.717, 1.165) is 12.0 Å². The molecule has 1 aromatic heterocycles. The molecule has 0 aromatic carbocycles. The maximum atomic E-state index is 12.6. The summed E-state index contributed by atoms with van der Waals surface area (Å²) in [7, 11) is 0. The summed E-state index contributed by atoms with van der Waals surface area (Å²) in [4.78, 5) is 31.1. The number of nitrogens with zero attached hydrogens (tertiary/aromatic N) is 2. The maximum Gasteiger partial charge on any atom is 0.225 e. The van der Waals surface area contributed by atoms with E-state index in [-0.39, 0.29) is 23.8 Å². The predicted molar refractivity (Wildman–Crippen MR) is 89.6 cm³/mol. The van der Waals surface area contributed by atoms with Gasteiger partial charge in [0.25, 0.3) is 0 Å². The minimum atomic E-state index is -0.218. The lowest BCUT2D eigenvalue weighted by atomic mass is 9.83. The van der Waals surface area contributed by atoms with Crippen LogP contribution in [0.2, 0.25) is 0 Å². The lowest BCUT2D eigenvalue weighted by Crippen LogP contribution is -2.49. The lowest BCUT2D eigenvalue weighted by Gasteiger charge is -2.41. The smallest absolute Gasteiger partial charge is 0.225 e. The zero-order valence-corrected chi connectivity index (χ0v) is 14.3. The van der Waals surface area contributed by atoms with Crippen LogP contribution >= 0.6 is 0 Å². The number of likely N-dealkylation sites (tertiary alicyclic amines) is 1. The highest BCUT2D eigenvalue weighted by atomic mass is 16.2. The van der Waals surface area contributed by atoms with Crippen LogP contribution in [0.1, 0.15) is 51.6 Å². The largest absolute Gasteiger partial charge is 0.356 e. The zero-order valence-electron chi connectivity index (χ0n) is 14.3. The number of pyridine rings is 1. The number of amides is 2. The van der Waals surface area contributed by atoms with Gasteiger partial charge in [-0.05, 0) is 30.4 Å². The van der Waals surface area contributed by atoms with Crippen molar-refractivity contribution in [1.29, 1.82) is 0 Å². The molecule has 0 radical (unpaired) electrons. The van der Waals surface area contributed by atoms with Crippen molar-refractivity contribution in [3.05, 3.63) is 30.1 Å². The Bertz CT molecular complexity index is 530. The van der Waals surface area contributed by atoms with Crippen molar-refractivity contribution in [2.24, 2.45) is 11.8 Å². The Morgan fingerprint density at radius 3 is 2.87 bits per heavy atom. The van der Waals surface area contributed by atoms with E-state index < -0.39 is 0 Å². The summed E-state index contributed by atoms with van der Waals surface area (Å²) in [5.74, 6) is 0.326. The van der Waals surface area contributed by atoms with E-state index >= 15 is 0 Å². The van der Waals surface area contributed by atoms with Crippen LogP contribution in [0.15, 0.2) is 24.5 Å². The number of hydrogen-bond acceptors (Lipinski definition) is 3. The zero-order chi connectivity index (χ0) is 16.8. The first-order valence-corrected chi connectivity index (χ1v) is 8.51. The minimum Gasteiger partial charge on any atom is -0.356 e. The second-order valence-corrected chi connectivity index (χ2v) is 6.61. The van der Waals surface area contributed by atoms with Crippen LogP contribution in [0.4, 0.5) is 0 Å². The van der Waals surface area contributed by atoms with Gasteiger partial charge in [0.15, 0.2) is 0 Å². The topological polar surface area (TPSA) is 62.3 Å². The van der Waals surface area contributed by atoms with E-state index in [9.17, 15) is 9.59 Å². The van der Waals surface area contributed by atoms with Crippen molar-refractivity contribution >= 4 is 11.8 Å². The van der Waals surface area contributed by atoms with Gasteiger partial charge in [0.05, 0.1) is 12.0 Å². The van der Waals surface area contributed by atoms with E-state index in [0.29, 0.717) is 31.8 Å². The highest BCUT2D eigenvalue weighted by molar-refractivity contribution is 5.85. The number of piperidine rings is 1. The molecule has 2 atom stereocenters. The van der Waals surface area contributed by atoms with Crippen molar-refractivity contribution < 1.29 is 9.59 Å². The quantitative estimate of drug-likeness (QED) is 0.877. The van der Waals surface area contributed by atoms with Crippen LogP contribution in [0, 0.1) is 11.8 Å². The summed E-state index contributed by atoms with van der Waals surface area (Å²) >= 11 is 0. The number of rotatable bonds is 6. The molecular weight excluding hydrogens is 290 g/mol. The summed E-state index contributed by atoms with van der Waals surface area (Å²) in [5.41, 5.74) is 0.942. The molecule has 2 rings (SSSR count). The molecule has 1 N–H and O–H groups in total. The number of aromatic nitrogens is 1. The normalized spacial score (nSPS) is 21.6. The summed E-state index contributed by atoms with van der Waals surface area (Å²) in [6.45, 7) is 7.56. The van der Waals surface area contributed by atoms with Gasteiger partial charge in [0, 0.05) is 31.9 Å². The van der Waals surface area contributed by atoms with E-state index in [1.54, 1.807) is 12.4 Å². The fraction of sp³-hybridized carbons (Fsp3) is 0.611. The van der Waals surface area contributed by atoms with E-state index in [1.165, 1.54) is 0 Å². The molecular formula is C18H27N3O2. The third-order valence-electron chi connectivity index (χ3n) is 4.18. The molecule has 5 nitrogen and oxygen atoms in total. The Hall–Kier alpha value is -1.91. The molecule has 23 heavy (non-hydrogen) atoms. The number of hydrogen-bond donors (Lipinski definition) is 1. The summed E-state index contributed by atoms with van der Waals surface area (Å²) in [5, 5.41) is 2.99. The van der Waals surface area contributed by atoms with Crippen LogP contribution < -0.4 is 5.32 Å². The molecule has 126 valence electrons. The van der Waals surface area contributed by atoms with E-state index in [1.807, 2.05) is 24.0 Å². The van der Waals surface area contributed by atoms with Crippen molar-refractivity contribution in [3.8, 4) is 0 Å². The SMILES string of the molecule is CCCNC(=O)C1CCC(=O)N(CC(C)C)C1c1cccnc1. The fourth-order valence-electron chi connectivity index (χ4n) is 3.18. The van der Waals surface area contributed by atoms with Crippen LogP contribution in [0.25, 0.3) is 0 Å². The molecule has 1 aromatic rings.